The Morgan fingerprint density at radius 1 is 1.00 bits per heavy atom. The SMILES string of the molecule is Cl.O=C(O)Cc1ccccc1C(=O)c1ccc(Cl)cc1. The van der Waals surface area contributed by atoms with Crippen molar-refractivity contribution in [3.8, 4) is 0 Å². The van der Waals surface area contributed by atoms with Gasteiger partial charge in [-0.3, -0.25) is 9.59 Å². The molecule has 0 saturated heterocycles. The van der Waals surface area contributed by atoms with Crippen molar-refractivity contribution in [1.82, 2.24) is 0 Å². The molecule has 5 heteroatoms. The minimum absolute atomic E-state index is 0. The number of aliphatic carboxylic acids is 1. The van der Waals surface area contributed by atoms with Crippen LogP contribution < -0.4 is 0 Å². The Morgan fingerprint density at radius 3 is 2.20 bits per heavy atom. The number of rotatable bonds is 4. The summed E-state index contributed by atoms with van der Waals surface area (Å²) in [5, 5.41) is 9.40. The van der Waals surface area contributed by atoms with Crippen molar-refractivity contribution in [2.24, 2.45) is 0 Å². The summed E-state index contributed by atoms with van der Waals surface area (Å²) in [5.74, 6) is -1.16. The van der Waals surface area contributed by atoms with Crippen molar-refractivity contribution in [1.29, 1.82) is 0 Å². The van der Waals surface area contributed by atoms with Gasteiger partial charge in [0, 0.05) is 16.1 Å². The van der Waals surface area contributed by atoms with E-state index in [-0.39, 0.29) is 24.6 Å². The van der Waals surface area contributed by atoms with E-state index >= 15 is 0 Å². The zero-order valence-electron chi connectivity index (χ0n) is 10.4. The monoisotopic (exact) mass is 310 g/mol. The highest BCUT2D eigenvalue weighted by atomic mass is 35.5. The van der Waals surface area contributed by atoms with Crippen molar-refractivity contribution < 1.29 is 14.7 Å². The molecule has 104 valence electrons. The van der Waals surface area contributed by atoms with Crippen molar-refractivity contribution in [3.63, 3.8) is 0 Å². The normalized spacial score (nSPS) is 9.65. The van der Waals surface area contributed by atoms with Crippen molar-refractivity contribution in [2.45, 2.75) is 6.42 Å². The van der Waals surface area contributed by atoms with E-state index in [1.807, 2.05) is 0 Å². The van der Waals surface area contributed by atoms with E-state index in [0.29, 0.717) is 21.7 Å². The lowest BCUT2D eigenvalue weighted by atomic mass is 9.97. The fourth-order valence-electron chi connectivity index (χ4n) is 1.82. The summed E-state index contributed by atoms with van der Waals surface area (Å²) in [5.41, 5.74) is 1.41. The van der Waals surface area contributed by atoms with Crippen LogP contribution in [-0.2, 0) is 11.2 Å². The third kappa shape index (κ3) is 3.83. The maximum Gasteiger partial charge on any atom is 0.307 e. The first kappa shape index (κ1) is 16.2. The minimum Gasteiger partial charge on any atom is -0.481 e. The number of benzene rings is 2. The first-order valence-corrected chi connectivity index (χ1v) is 6.05. The molecule has 0 heterocycles. The van der Waals surface area contributed by atoms with Gasteiger partial charge < -0.3 is 5.11 Å². The van der Waals surface area contributed by atoms with E-state index in [2.05, 4.69) is 0 Å². The second-order valence-electron chi connectivity index (χ2n) is 4.06. The second-order valence-corrected chi connectivity index (χ2v) is 4.50. The van der Waals surface area contributed by atoms with Gasteiger partial charge in [-0.05, 0) is 29.8 Å². The van der Waals surface area contributed by atoms with E-state index in [9.17, 15) is 9.59 Å². The molecule has 0 aromatic heterocycles. The van der Waals surface area contributed by atoms with Crippen LogP contribution in [0.4, 0.5) is 0 Å². The fraction of sp³-hybridized carbons (Fsp3) is 0.0667. The van der Waals surface area contributed by atoms with Gasteiger partial charge in [-0.25, -0.2) is 0 Å². The van der Waals surface area contributed by atoms with Crippen LogP contribution in [0.15, 0.2) is 48.5 Å². The van der Waals surface area contributed by atoms with Crippen molar-refractivity contribution in [3.05, 3.63) is 70.2 Å². The summed E-state index contributed by atoms with van der Waals surface area (Å²) in [6.07, 6.45) is -0.171. The third-order valence-corrected chi connectivity index (χ3v) is 2.96. The molecule has 0 spiro atoms. The van der Waals surface area contributed by atoms with Gasteiger partial charge in [0.1, 0.15) is 0 Å². The predicted molar refractivity (Wildman–Crippen MR) is 79.9 cm³/mol. The van der Waals surface area contributed by atoms with Gasteiger partial charge in [0.25, 0.3) is 0 Å². The predicted octanol–water partition coefficient (Wildman–Crippen LogP) is 3.62. The number of hydrogen-bond donors (Lipinski definition) is 1. The molecular weight excluding hydrogens is 299 g/mol. The highest BCUT2D eigenvalue weighted by molar-refractivity contribution is 6.30. The van der Waals surface area contributed by atoms with Crippen molar-refractivity contribution >= 4 is 35.8 Å². The number of carbonyl (C=O) groups excluding carboxylic acids is 1. The largest absolute Gasteiger partial charge is 0.481 e. The number of carbonyl (C=O) groups is 2. The van der Waals surface area contributed by atoms with Crippen LogP contribution in [0.2, 0.25) is 5.02 Å². The van der Waals surface area contributed by atoms with Gasteiger partial charge in [-0.1, -0.05) is 35.9 Å². The zero-order valence-corrected chi connectivity index (χ0v) is 11.9. The maximum atomic E-state index is 12.3. The first-order chi connectivity index (χ1) is 9.08. The summed E-state index contributed by atoms with van der Waals surface area (Å²) in [7, 11) is 0. The van der Waals surface area contributed by atoms with E-state index in [0.717, 1.165) is 0 Å². The molecule has 1 N–H and O–H groups in total. The molecule has 3 nitrogen and oxygen atoms in total. The average Bonchev–Trinajstić information content (AvgIpc) is 2.39. The lowest BCUT2D eigenvalue weighted by Crippen LogP contribution is -2.09. The molecule has 0 saturated carbocycles. The molecule has 0 aliphatic carbocycles. The van der Waals surface area contributed by atoms with Crippen LogP contribution >= 0.6 is 24.0 Å². The number of halogens is 2. The average molecular weight is 311 g/mol. The zero-order chi connectivity index (χ0) is 13.8. The molecule has 2 aromatic carbocycles. The Bertz CT molecular complexity index is 621. The van der Waals surface area contributed by atoms with Crippen LogP contribution in [0.25, 0.3) is 0 Å². The van der Waals surface area contributed by atoms with Crippen LogP contribution in [0.3, 0.4) is 0 Å². The Labute approximate surface area is 127 Å². The fourth-order valence-corrected chi connectivity index (χ4v) is 1.94. The van der Waals surface area contributed by atoms with Gasteiger partial charge >= 0.3 is 5.97 Å². The molecule has 0 unspecified atom stereocenters. The summed E-state index contributed by atoms with van der Waals surface area (Å²) in [6.45, 7) is 0. The molecule has 0 atom stereocenters. The van der Waals surface area contributed by atoms with Crippen LogP contribution in [0, 0.1) is 0 Å². The lowest BCUT2D eigenvalue weighted by molar-refractivity contribution is -0.136. The Kier molecular flexibility index (Phi) is 5.74. The summed E-state index contributed by atoms with van der Waals surface area (Å²) < 4.78 is 0. The molecular formula is C15H12Cl2O3. The topological polar surface area (TPSA) is 54.4 Å². The van der Waals surface area contributed by atoms with Gasteiger partial charge in [0.05, 0.1) is 6.42 Å². The van der Waals surface area contributed by atoms with Gasteiger partial charge in [-0.15, -0.1) is 12.4 Å². The molecule has 0 fully saturated rings. The maximum absolute atomic E-state index is 12.3. The van der Waals surface area contributed by atoms with E-state index in [1.54, 1.807) is 48.5 Å². The van der Waals surface area contributed by atoms with Gasteiger partial charge in [0.15, 0.2) is 5.78 Å². The van der Waals surface area contributed by atoms with E-state index in [1.165, 1.54) is 0 Å². The number of carboxylic acid groups (broad SMARTS) is 1. The quantitative estimate of drug-likeness (QED) is 0.877. The number of ketones is 1. The highest BCUT2D eigenvalue weighted by Gasteiger charge is 2.14. The number of hydrogen-bond acceptors (Lipinski definition) is 2. The highest BCUT2D eigenvalue weighted by Crippen LogP contribution is 2.17. The molecule has 0 radical (unpaired) electrons. The van der Waals surface area contributed by atoms with E-state index in [4.69, 9.17) is 16.7 Å². The van der Waals surface area contributed by atoms with Crippen LogP contribution in [0.5, 0.6) is 0 Å². The van der Waals surface area contributed by atoms with Crippen LogP contribution in [-0.4, -0.2) is 16.9 Å². The van der Waals surface area contributed by atoms with Gasteiger partial charge in [0.2, 0.25) is 0 Å². The Morgan fingerprint density at radius 2 is 1.60 bits per heavy atom. The van der Waals surface area contributed by atoms with Crippen LogP contribution in [0.1, 0.15) is 21.5 Å². The second kappa shape index (κ2) is 7.08. The van der Waals surface area contributed by atoms with Crippen molar-refractivity contribution in [2.75, 3.05) is 0 Å². The van der Waals surface area contributed by atoms with Gasteiger partial charge in [-0.2, -0.15) is 0 Å². The summed E-state index contributed by atoms with van der Waals surface area (Å²) in [6, 6.07) is 13.2. The number of carboxylic acids is 1. The first-order valence-electron chi connectivity index (χ1n) is 5.68. The minimum atomic E-state index is -0.962. The van der Waals surface area contributed by atoms with E-state index < -0.39 is 5.97 Å². The smallest absolute Gasteiger partial charge is 0.307 e. The molecule has 2 aromatic rings. The molecule has 0 bridgehead atoms. The Balaban J connectivity index is 0.00000200. The molecule has 0 aliphatic rings. The molecule has 0 aliphatic heterocycles. The lowest BCUT2D eigenvalue weighted by Gasteiger charge is -2.06. The Hall–Kier alpha value is -1.84. The molecule has 2 rings (SSSR count). The summed E-state index contributed by atoms with van der Waals surface area (Å²) >= 11 is 5.77. The standard InChI is InChI=1S/C15H11ClO3.ClH/c16-12-7-5-10(6-8-12)15(19)13-4-2-1-3-11(13)9-14(17)18;/h1-8H,9H2,(H,17,18);1H. The molecule has 0 amide bonds. The summed E-state index contributed by atoms with van der Waals surface area (Å²) in [4.78, 5) is 23.1. The molecule has 20 heavy (non-hydrogen) atoms. The third-order valence-electron chi connectivity index (χ3n) is 2.71.